The van der Waals surface area contributed by atoms with E-state index in [1.165, 1.54) is 7.05 Å². The molecule has 0 aliphatic rings. The van der Waals surface area contributed by atoms with Crippen molar-refractivity contribution in [3.63, 3.8) is 0 Å². The van der Waals surface area contributed by atoms with Crippen LogP contribution in [-0.2, 0) is 16.6 Å². The topological polar surface area (TPSA) is 81.2 Å². The van der Waals surface area contributed by atoms with Gasteiger partial charge < -0.3 is 5.73 Å². The van der Waals surface area contributed by atoms with Crippen molar-refractivity contribution in [1.82, 2.24) is 14.1 Å². The summed E-state index contributed by atoms with van der Waals surface area (Å²) in [6, 6.07) is -0.462. The van der Waals surface area contributed by atoms with Crippen LogP contribution in [0.5, 0.6) is 0 Å². The van der Waals surface area contributed by atoms with Crippen LogP contribution in [0.25, 0.3) is 0 Å². The lowest BCUT2D eigenvalue weighted by Gasteiger charge is -2.21. The van der Waals surface area contributed by atoms with Gasteiger partial charge >= 0.3 is 6.18 Å². The Labute approximate surface area is 109 Å². The largest absolute Gasteiger partial charge is 0.408 e. The molecule has 1 rings (SSSR count). The number of nitrogens with zero attached hydrogens (tertiary/aromatic N) is 3. The first-order chi connectivity index (χ1) is 8.58. The van der Waals surface area contributed by atoms with Crippen LogP contribution < -0.4 is 5.73 Å². The Hall–Kier alpha value is -1.13. The Morgan fingerprint density at radius 1 is 1.53 bits per heavy atom. The number of sulfonamides is 1. The van der Waals surface area contributed by atoms with Crippen LogP contribution in [0.15, 0.2) is 17.3 Å². The molecule has 0 fully saturated rings. The molecule has 0 bridgehead atoms. The molecule has 0 aliphatic carbocycles. The minimum Gasteiger partial charge on any atom is -0.329 e. The van der Waals surface area contributed by atoms with Gasteiger partial charge in [0.2, 0.25) is 10.0 Å². The molecule has 2 N–H and O–H groups in total. The van der Waals surface area contributed by atoms with E-state index in [0.717, 1.165) is 16.7 Å². The highest BCUT2D eigenvalue weighted by Crippen LogP contribution is 2.20. The quantitative estimate of drug-likeness (QED) is 0.854. The van der Waals surface area contributed by atoms with Crippen molar-refractivity contribution in [3.8, 4) is 0 Å². The SMILES string of the molecule is CC(CN)N(C)S(=O)(=O)c1cnn(CC(F)(F)F)c1. The fourth-order valence-electron chi connectivity index (χ4n) is 1.30. The van der Waals surface area contributed by atoms with Gasteiger partial charge in [-0.2, -0.15) is 22.6 Å². The highest BCUT2D eigenvalue weighted by molar-refractivity contribution is 7.89. The minimum absolute atomic E-state index is 0.104. The summed E-state index contributed by atoms with van der Waals surface area (Å²) in [5, 5.41) is 3.39. The van der Waals surface area contributed by atoms with Crippen molar-refractivity contribution in [2.75, 3.05) is 13.6 Å². The minimum atomic E-state index is -4.45. The first-order valence-electron chi connectivity index (χ1n) is 5.35. The number of hydrogen-bond acceptors (Lipinski definition) is 4. The fraction of sp³-hybridized carbons (Fsp3) is 0.667. The molecule has 10 heteroatoms. The van der Waals surface area contributed by atoms with E-state index in [2.05, 4.69) is 5.10 Å². The molecule has 0 saturated carbocycles. The molecule has 110 valence electrons. The zero-order valence-electron chi connectivity index (χ0n) is 10.4. The Kier molecular flexibility index (Phi) is 4.59. The molecular formula is C9H15F3N4O2S. The molecular weight excluding hydrogens is 285 g/mol. The van der Waals surface area contributed by atoms with E-state index in [1.807, 2.05) is 0 Å². The maximum Gasteiger partial charge on any atom is 0.408 e. The lowest BCUT2D eigenvalue weighted by Crippen LogP contribution is -2.39. The van der Waals surface area contributed by atoms with Crippen LogP contribution in [0.2, 0.25) is 0 Å². The smallest absolute Gasteiger partial charge is 0.329 e. The Morgan fingerprint density at radius 2 is 2.11 bits per heavy atom. The first-order valence-corrected chi connectivity index (χ1v) is 6.79. The van der Waals surface area contributed by atoms with Crippen molar-refractivity contribution in [2.45, 2.75) is 30.6 Å². The van der Waals surface area contributed by atoms with Crippen molar-refractivity contribution in [2.24, 2.45) is 5.73 Å². The van der Waals surface area contributed by atoms with Crippen LogP contribution in [0.3, 0.4) is 0 Å². The van der Waals surface area contributed by atoms with Gasteiger partial charge in [0.25, 0.3) is 0 Å². The molecule has 1 aromatic heterocycles. The Balaban J connectivity index is 2.98. The van der Waals surface area contributed by atoms with Gasteiger partial charge in [0.1, 0.15) is 11.4 Å². The normalized spacial score (nSPS) is 14.9. The van der Waals surface area contributed by atoms with Crippen LogP contribution in [0, 0.1) is 0 Å². The summed E-state index contributed by atoms with van der Waals surface area (Å²) in [5.74, 6) is 0. The Bertz CT molecular complexity index is 526. The van der Waals surface area contributed by atoms with Crippen LogP contribution >= 0.6 is 0 Å². The van der Waals surface area contributed by atoms with Gasteiger partial charge in [-0.15, -0.1) is 0 Å². The molecule has 1 atom stereocenters. The maximum absolute atomic E-state index is 12.2. The molecule has 1 unspecified atom stereocenters. The van der Waals surface area contributed by atoms with E-state index in [1.54, 1.807) is 6.92 Å². The average molecular weight is 300 g/mol. The molecule has 0 radical (unpaired) electrons. The molecule has 19 heavy (non-hydrogen) atoms. The lowest BCUT2D eigenvalue weighted by molar-refractivity contribution is -0.142. The van der Waals surface area contributed by atoms with E-state index in [4.69, 9.17) is 5.73 Å². The number of nitrogens with two attached hydrogens (primary N) is 1. The number of hydrogen-bond donors (Lipinski definition) is 1. The van der Waals surface area contributed by atoms with Crippen LogP contribution in [0.4, 0.5) is 13.2 Å². The highest BCUT2D eigenvalue weighted by Gasteiger charge is 2.30. The molecule has 0 aromatic carbocycles. The van der Waals surface area contributed by atoms with Crippen molar-refractivity contribution < 1.29 is 21.6 Å². The molecule has 0 spiro atoms. The van der Waals surface area contributed by atoms with Crippen LogP contribution in [-0.4, -0.2) is 48.3 Å². The van der Waals surface area contributed by atoms with Gasteiger partial charge in [-0.05, 0) is 6.92 Å². The van der Waals surface area contributed by atoms with Gasteiger partial charge in [-0.25, -0.2) is 8.42 Å². The van der Waals surface area contributed by atoms with E-state index >= 15 is 0 Å². The number of likely N-dealkylation sites (N-methyl/N-ethyl adjacent to an activating group) is 1. The summed E-state index contributed by atoms with van der Waals surface area (Å²) < 4.78 is 62.1. The predicted octanol–water partition coefficient (Wildman–Crippen LogP) is 0.413. The number of aromatic nitrogens is 2. The summed E-state index contributed by atoms with van der Waals surface area (Å²) in [7, 11) is -2.57. The summed E-state index contributed by atoms with van der Waals surface area (Å²) in [5.41, 5.74) is 5.36. The molecule has 1 heterocycles. The van der Waals surface area contributed by atoms with E-state index in [-0.39, 0.29) is 11.4 Å². The summed E-state index contributed by atoms with van der Waals surface area (Å²) in [4.78, 5) is -0.292. The summed E-state index contributed by atoms with van der Waals surface area (Å²) in [6.45, 7) is 0.364. The third-order valence-corrected chi connectivity index (χ3v) is 4.51. The van der Waals surface area contributed by atoms with Crippen molar-refractivity contribution >= 4 is 10.0 Å². The van der Waals surface area contributed by atoms with E-state index in [0.29, 0.717) is 4.68 Å². The van der Waals surface area contributed by atoms with E-state index in [9.17, 15) is 21.6 Å². The van der Waals surface area contributed by atoms with Crippen molar-refractivity contribution in [3.05, 3.63) is 12.4 Å². The van der Waals surface area contributed by atoms with Gasteiger partial charge in [0.15, 0.2) is 0 Å². The molecule has 0 amide bonds. The predicted molar refractivity (Wildman–Crippen MR) is 61.7 cm³/mol. The van der Waals surface area contributed by atoms with E-state index < -0.39 is 28.8 Å². The third-order valence-electron chi connectivity index (χ3n) is 2.59. The fourth-order valence-corrected chi connectivity index (χ4v) is 2.63. The monoisotopic (exact) mass is 300 g/mol. The summed E-state index contributed by atoms with van der Waals surface area (Å²) >= 11 is 0. The van der Waals surface area contributed by atoms with Gasteiger partial charge in [-0.3, -0.25) is 4.68 Å². The third kappa shape index (κ3) is 3.91. The molecule has 1 aromatic rings. The molecule has 6 nitrogen and oxygen atoms in total. The Morgan fingerprint density at radius 3 is 2.58 bits per heavy atom. The van der Waals surface area contributed by atoms with Crippen LogP contribution in [0.1, 0.15) is 6.92 Å². The first kappa shape index (κ1) is 15.9. The number of halogens is 3. The average Bonchev–Trinajstić information content (AvgIpc) is 2.73. The lowest BCUT2D eigenvalue weighted by atomic mass is 10.4. The van der Waals surface area contributed by atoms with Gasteiger partial charge in [-0.1, -0.05) is 0 Å². The van der Waals surface area contributed by atoms with Gasteiger partial charge in [0.05, 0.1) is 6.20 Å². The second-order valence-corrected chi connectivity index (χ2v) is 6.09. The zero-order valence-corrected chi connectivity index (χ0v) is 11.2. The second kappa shape index (κ2) is 5.47. The maximum atomic E-state index is 12.2. The summed E-state index contributed by atoms with van der Waals surface area (Å²) in [6.07, 6.45) is -2.72. The van der Waals surface area contributed by atoms with Crippen molar-refractivity contribution in [1.29, 1.82) is 0 Å². The number of rotatable bonds is 5. The molecule has 0 aliphatic heterocycles. The standard InChI is InChI=1S/C9H15F3N4O2S/c1-7(3-13)15(2)19(17,18)8-4-14-16(5-8)6-9(10,11)12/h4-5,7H,3,6,13H2,1-2H3. The zero-order chi connectivity index (χ0) is 14.8. The number of alkyl halides is 3. The highest BCUT2D eigenvalue weighted by atomic mass is 32.2. The molecule has 0 saturated heterocycles. The van der Waals surface area contributed by atoms with Gasteiger partial charge in [0, 0.05) is 25.8 Å². The second-order valence-electron chi connectivity index (χ2n) is 4.09.